The van der Waals surface area contributed by atoms with Crippen LogP contribution >= 0.6 is 0 Å². The monoisotopic (exact) mass is 1040 g/mol. The lowest BCUT2D eigenvalue weighted by molar-refractivity contribution is 0.669. The molecule has 16 aromatic rings. The summed E-state index contributed by atoms with van der Waals surface area (Å²) in [6.45, 7) is 0. The maximum atomic E-state index is 6.44. The second kappa shape index (κ2) is 18.9. The number of pyridine rings is 3. The van der Waals surface area contributed by atoms with E-state index in [1.165, 1.54) is 0 Å². The fourth-order valence-electron chi connectivity index (χ4n) is 12.0. The Kier molecular flexibility index (Phi) is 10.8. The Bertz CT molecular complexity index is 4580. The Morgan fingerprint density at radius 2 is 0.444 bits per heavy atom. The molecule has 0 amide bonds. The summed E-state index contributed by atoms with van der Waals surface area (Å²) in [5, 5.41) is 6.52. The number of fused-ring (bicyclic) bond motifs is 9. The molecule has 0 N–H and O–H groups in total. The van der Waals surface area contributed by atoms with Crippen molar-refractivity contribution < 1.29 is 13.3 Å². The van der Waals surface area contributed by atoms with Gasteiger partial charge in [-0.2, -0.15) is 0 Å². The van der Waals surface area contributed by atoms with Gasteiger partial charge in [0.15, 0.2) is 0 Å². The van der Waals surface area contributed by atoms with Gasteiger partial charge in [0.05, 0.1) is 17.1 Å². The summed E-state index contributed by atoms with van der Waals surface area (Å²) in [6.07, 6.45) is 5.96. The van der Waals surface area contributed by atoms with Crippen molar-refractivity contribution >= 4 is 65.8 Å². The van der Waals surface area contributed by atoms with Crippen molar-refractivity contribution in [3.8, 4) is 101 Å². The summed E-state index contributed by atoms with van der Waals surface area (Å²) in [6, 6.07) is 89.1. The van der Waals surface area contributed by atoms with Crippen LogP contribution in [0, 0.1) is 0 Å². The van der Waals surface area contributed by atoms with Gasteiger partial charge in [-0.3, -0.25) is 15.0 Å². The summed E-state index contributed by atoms with van der Waals surface area (Å²) >= 11 is 0. The molecule has 0 bridgehead atoms. The van der Waals surface area contributed by atoms with Crippen LogP contribution in [0.4, 0.5) is 0 Å². The van der Waals surface area contributed by atoms with E-state index in [4.69, 9.17) is 28.2 Å². The molecule has 6 nitrogen and oxygen atoms in total. The molecule has 378 valence electrons. The number of aromatic nitrogens is 3. The number of furan rings is 3. The third-order valence-electron chi connectivity index (χ3n) is 15.9. The lowest BCUT2D eigenvalue weighted by atomic mass is 9.86. The van der Waals surface area contributed by atoms with E-state index in [0.29, 0.717) is 0 Å². The molecule has 6 heteroatoms. The van der Waals surface area contributed by atoms with Crippen molar-refractivity contribution in [1.29, 1.82) is 0 Å². The van der Waals surface area contributed by atoms with E-state index in [2.05, 4.69) is 218 Å². The molecule has 16 rings (SSSR count). The Balaban J connectivity index is 0.817. The highest BCUT2D eigenvalue weighted by Crippen LogP contribution is 2.44. The van der Waals surface area contributed by atoms with E-state index in [0.717, 1.165) is 166 Å². The van der Waals surface area contributed by atoms with E-state index < -0.39 is 0 Å². The molecule has 0 saturated carbocycles. The number of rotatable bonds is 9. The molecular formula is C75H45N3O3. The molecule has 0 atom stereocenters. The van der Waals surface area contributed by atoms with Gasteiger partial charge in [-0.25, -0.2) is 0 Å². The normalized spacial score (nSPS) is 11.7. The molecule has 6 heterocycles. The second-order valence-electron chi connectivity index (χ2n) is 20.6. The first-order valence-corrected chi connectivity index (χ1v) is 27.2. The zero-order valence-corrected chi connectivity index (χ0v) is 43.5. The Morgan fingerprint density at radius 3 is 0.728 bits per heavy atom. The number of hydrogen-bond donors (Lipinski definition) is 0. The minimum atomic E-state index is 0.836. The Hall–Kier alpha value is -11.0. The Morgan fingerprint density at radius 1 is 0.198 bits per heavy atom. The summed E-state index contributed by atoms with van der Waals surface area (Å²) in [5.74, 6) is 0. The van der Waals surface area contributed by atoms with Gasteiger partial charge in [-0.15, -0.1) is 0 Å². The molecule has 0 fully saturated rings. The first-order valence-electron chi connectivity index (χ1n) is 27.2. The predicted molar refractivity (Wildman–Crippen MR) is 331 cm³/mol. The van der Waals surface area contributed by atoms with Crippen molar-refractivity contribution in [1.82, 2.24) is 15.0 Å². The zero-order valence-electron chi connectivity index (χ0n) is 43.5. The third kappa shape index (κ3) is 7.83. The van der Waals surface area contributed by atoms with Crippen LogP contribution in [0.5, 0.6) is 0 Å². The van der Waals surface area contributed by atoms with E-state index in [-0.39, 0.29) is 0 Å². The van der Waals surface area contributed by atoms with Crippen LogP contribution in [0.15, 0.2) is 287 Å². The molecule has 0 aliphatic rings. The van der Waals surface area contributed by atoms with Gasteiger partial charge in [-0.1, -0.05) is 182 Å². The summed E-state index contributed by atoms with van der Waals surface area (Å²) in [5.41, 5.74) is 23.2. The lowest BCUT2D eigenvalue weighted by Crippen LogP contribution is -1.93. The highest BCUT2D eigenvalue weighted by atomic mass is 16.3. The predicted octanol–water partition coefficient (Wildman–Crippen LogP) is 20.6. The van der Waals surface area contributed by atoms with E-state index in [1.54, 1.807) is 0 Å². The maximum Gasteiger partial charge on any atom is 0.144 e. The zero-order chi connectivity index (χ0) is 53.4. The lowest BCUT2D eigenvalue weighted by Gasteiger charge is -2.18. The van der Waals surface area contributed by atoms with Crippen LogP contribution in [-0.4, -0.2) is 15.0 Å². The molecule has 0 saturated heterocycles. The molecule has 0 aliphatic heterocycles. The van der Waals surface area contributed by atoms with E-state index >= 15 is 0 Å². The average molecular weight is 1040 g/mol. The molecular weight excluding hydrogens is 991 g/mol. The molecule has 6 aromatic heterocycles. The minimum absolute atomic E-state index is 0.836. The van der Waals surface area contributed by atoms with Gasteiger partial charge in [0, 0.05) is 84.3 Å². The van der Waals surface area contributed by atoms with Crippen LogP contribution in [0.1, 0.15) is 0 Å². The van der Waals surface area contributed by atoms with Gasteiger partial charge in [-0.05, 0) is 123 Å². The molecule has 0 radical (unpaired) electrons. The smallest absolute Gasteiger partial charge is 0.144 e. The van der Waals surface area contributed by atoms with Crippen LogP contribution < -0.4 is 0 Å². The first kappa shape index (κ1) is 46.2. The molecule has 0 spiro atoms. The molecule has 0 unspecified atom stereocenters. The minimum Gasteiger partial charge on any atom is -0.455 e. The largest absolute Gasteiger partial charge is 0.455 e. The molecule has 10 aromatic carbocycles. The first-order chi connectivity index (χ1) is 40.1. The van der Waals surface area contributed by atoms with Crippen molar-refractivity contribution in [3.05, 3.63) is 273 Å². The third-order valence-corrected chi connectivity index (χ3v) is 15.9. The number of nitrogens with zero attached hydrogens (tertiary/aromatic N) is 3. The van der Waals surface area contributed by atoms with Crippen LogP contribution in [0.2, 0.25) is 0 Å². The molecule has 81 heavy (non-hydrogen) atoms. The summed E-state index contributed by atoms with van der Waals surface area (Å²) in [4.78, 5) is 15.4. The average Bonchev–Trinajstić information content (AvgIpc) is 4.42. The van der Waals surface area contributed by atoms with Gasteiger partial charge >= 0.3 is 0 Å². The van der Waals surface area contributed by atoms with Gasteiger partial charge < -0.3 is 13.3 Å². The van der Waals surface area contributed by atoms with Crippen LogP contribution in [0.25, 0.3) is 166 Å². The quantitative estimate of drug-likeness (QED) is 0.143. The second-order valence-corrected chi connectivity index (χ2v) is 20.6. The number of hydrogen-bond acceptors (Lipinski definition) is 6. The van der Waals surface area contributed by atoms with Gasteiger partial charge in [0.1, 0.15) is 33.5 Å². The van der Waals surface area contributed by atoms with Crippen molar-refractivity contribution in [3.63, 3.8) is 0 Å². The maximum absolute atomic E-state index is 6.44. The fourth-order valence-corrected chi connectivity index (χ4v) is 12.0. The van der Waals surface area contributed by atoms with Gasteiger partial charge in [0.25, 0.3) is 0 Å². The highest BCUT2D eigenvalue weighted by molar-refractivity contribution is 6.11. The SMILES string of the molecule is c1ccc(-c2cc(-c3ccccc3-c3ccc(-c4cccc5c4oc4ccccc45)nc3)cc(-c3ccccc3-c3ccc(-c4cccc5c4oc4ccccc45)nc3)c2)c(-c2ccc(-c3cccc4c3oc3ccccc34)nc2)c1. The standard InChI is InChI=1S/C75H45N3O3/c1-4-19-55(52(16-1)46-34-37-67(76-43-46)64-28-13-25-61-58-22-7-10-31-70(58)79-73(61)64)49-40-50(56-20-5-2-17-53(56)47-35-38-68(77-44-47)65-29-14-26-62-59-23-8-11-32-71(59)80-74(62)65)42-51(41-49)57-21-6-3-18-54(57)48-36-39-69(78-45-48)66-30-15-27-63-60-24-9-12-33-72(60)81-75(63)66/h1-45H. The molecule has 0 aliphatic carbocycles. The van der Waals surface area contributed by atoms with Crippen LogP contribution in [0.3, 0.4) is 0 Å². The number of para-hydroxylation sites is 6. The van der Waals surface area contributed by atoms with Crippen molar-refractivity contribution in [2.45, 2.75) is 0 Å². The van der Waals surface area contributed by atoms with E-state index in [1.807, 2.05) is 55.0 Å². The summed E-state index contributed by atoms with van der Waals surface area (Å²) in [7, 11) is 0. The van der Waals surface area contributed by atoms with E-state index in [9.17, 15) is 0 Å². The van der Waals surface area contributed by atoms with Gasteiger partial charge in [0.2, 0.25) is 0 Å². The fraction of sp³-hybridized carbons (Fsp3) is 0. The van der Waals surface area contributed by atoms with Crippen LogP contribution in [-0.2, 0) is 0 Å². The van der Waals surface area contributed by atoms with Crippen molar-refractivity contribution in [2.24, 2.45) is 0 Å². The number of benzene rings is 10. The Labute approximate surface area is 465 Å². The van der Waals surface area contributed by atoms with Crippen molar-refractivity contribution in [2.75, 3.05) is 0 Å². The summed E-state index contributed by atoms with van der Waals surface area (Å²) < 4.78 is 19.3. The topological polar surface area (TPSA) is 78.1 Å². The highest BCUT2D eigenvalue weighted by Gasteiger charge is 2.20.